The molecule has 2 heterocycles. The number of aromatic nitrogens is 2. The summed E-state index contributed by atoms with van der Waals surface area (Å²) < 4.78 is 42.8. The number of hydrogen-bond acceptors (Lipinski definition) is 3. The van der Waals surface area contributed by atoms with Crippen molar-refractivity contribution in [1.29, 1.82) is 0 Å². The molecule has 0 saturated carbocycles. The number of nitrogens with zero attached hydrogens (tertiary/aromatic N) is 2. The standard InChI is InChI=1S/C20H16FN3O2S/c1-14-12-16(21)7-10-19(14)27(25,26)23-17-8-5-15(6-9-17)18-13-24-11-3-2-4-20(24)22-18/h2-13,23H,1H3. The van der Waals surface area contributed by atoms with Crippen LogP contribution in [0.25, 0.3) is 16.9 Å². The molecule has 2 aromatic carbocycles. The molecule has 0 saturated heterocycles. The van der Waals surface area contributed by atoms with E-state index in [0.29, 0.717) is 11.3 Å². The normalized spacial score (nSPS) is 11.6. The van der Waals surface area contributed by atoms with Gasteiger partial charge in [-0.15, -0.1) is 0 Å². The van der Waals surface area contributed by atoms with Crippen LogP contribution in [-0.2, 0) is 10.0 Å². The Labute approximate surface area is 156 Å². The van der Waals surface area contributed by atoms with Crippen LogP contribution in [-0.4, -0.2) is 17.8 Å². The SMILES string of the molecule is Cc1cc(F)ccc1S(=O)(=O)Nc1ccc(-c2cn3ccccc3n2)cc1. The van der Waals surface area contributed by atoms with Gasteiger partial charge in [-0.3, -0.25) is 4.72 Å². The fourth-order valence-corrected chi connectivity index (χ4v) is 4.19. The molecule has 2 aromatic heterocycles. The van der Waals surface area contributed by atoms with Crippen LogP contribution in [0.5, 0.6) is 0 Å². The number of halogens is 1. The van der Waals surface area contributed by atoms with Crippen molar-refractivity contribution in [3.63, 3.8) is 0 Å². The van der Waals surface area contributed by atoms with Crippen molar-refractivity contribution in [3.05, 3.63) is 84.4 Å². The number of rotatable bonds is 4. The number of sulfonamides is 1. The lowest BCUT2D eigenvalue weighted by molar-refractivity contribution is 0.598. The Balaban J connectivity index is 1.60. The molecule has 0 aliphatic heterocycles. The molecule has 0 bridgehead atoms. The van der Waals surface area contributed by atoms with E-state index in [0.717, 1.165) is 23.0 Å². The zero-order valence-electron chi connectivity index (χ0n) is 14.4. The second-order valence-corrected chi connectivity index (χ2v) is 7.84. The number of nitrogens with one attached hydrogen (secondary N) is 1. The van der Waals surface area contributed by atoms with Gasteiger partial charge in [0.1, 0.15) is 11.5 Å². The molecule has 0 aliphatic rings. The van der Waals surface area contributed by atoms with Crippen molar-refractivity contribution in [2.24, 2.45) is 0 Å². The number of imidazole rings is 1. The molecule has 5 nitrogen and oxygen atoms in total. The third-order valence-electron chi connectivity index (χ3n) is 4.22. The van der Waals surface area contributed by atoms with Crippen LogP contribution in [0.4, 0.5) is 10.1 Å². The minimum atomic E-state index is -3.80. The summed E-state index contributed by atoms with van der Waals surface area (Å²) in [5, 5.41) is 0. The van der Waals surface area contributed by atoms with Gasteiger partial charge in [-0.1, -0.05) is 18.2 Å². The van der Waals surface area contributed by atoms with Crippen molar-refractivity contribution in [3.8, 4) is 11.3 Å². The average Bonchev–Trinajstić information content (AvgIpc) is 3.05. The van der Waals surface area contributed by atoms with Crippen molar-refractivity contribution in [1.82, 2.24) is 9.38 Å². The van der Waals surface area contributed by atoms with Crippen LogP contribution in [0.1, 0.15) is 5.56 Å². The van der Waals surface area contributed by atoms with E-state index in [1.165, 1.54) is 12.1 Å². The molecular weight excluding hydrogens is 365 g/mol. The van der Waals surface area contributed by atoms with E-state index in [2.05, 4.69) is 9.71 Å². The maximum atomic E-state index is 13.2. The third-order valence-corrected chi connectivity index (χ3v) is 5.76. The van der Waals surface area contributed by atoms with Crippen LogP contribution in [0.3, 0.4) is 0 Å². The molecule has 27 heavy (non-hydrogen) atoms. The predicted molar refractivity (Wildman–Crippen MR) is 103 cm³/mol. The summed E-state index contributed by atoms with van der Waals surface area (Å²) in [6.45, 7) is 1.56. The second-order valence-electron chi connectivity index (χ2n) is 6.18. The Morgan fingerprint density at radius 2 is 1.81 bits per heavy atom. The molecule has 0 atom stereocenters. The van der Waals surface area contributed by atoms with E-state index in [1.54, 1.807) is 31.2 Å². The Hall–Kier alpha value is -3.19. The van der Waals surface area contributed by atoms with E-state index in [1.807, 2.05) is 35.0 Å². The number of hydrogen-bond donors (Lipinski definition) is 1. The summed E-state index contributed by atoms with van der Waals surface area (Å²) >= 11 is 0. The molecule has 0 fully saturated rings. The van der Waals surface area contributed by atoms with Crippen LogP contribution in [0.15, 0.2) is 78.0 Å². The van der Waals surface area contributed by atoms with Crippen LogP contribution in [0, 0.1) is 12.7 Å². The molecule has 7 heteroatoms. The van der Waals surface area contributed by atoms with Crippen molar-refractivity contribution >= 4 is 21.4 Å². The van der Waals surface area contributed by atoms with Crippen molar-refractivity contribution < 1.29 is 12.8 Å². The summed E-state index contributed by atoms with van der Waals surface area (Å²) in [7, 11) is -3.80. The third kappa shape index (κ3) is 3.41. The van der Waals surface area contributed by atoms with Gasteiger partial charge in [0.05, 0.1) is 10.6 Å². The first kappa shape index (κ1) is 17.2. The molecule has 136 valence electrons. The van der Waals surface area contributed by atoms with Gasteiger partial charge in [0.2, 0.25) is 0 Å². The van der Waals surface area contributed by atoms with E-state index in [-0.39, 0.29) is 4.90 Å². The fourth-order valence-electron chi connectivity index (χ4n) is 2.91. The minimum Gasteiger partial charge on any atom is -0.306 e. The first-order valence-corrected chi connectivity index (χ1v) is 9.74. The average molecular weight is 381 g/mol. The van der Waals surface area contributed by atoms with Gasteiger partial charge in [-0.2, -0.15) is 0 Å². The largest absolute Gasteiger partial charge is 0.306 e. The van der Waals surface area contributed by atoms with E-state index in [4.69, 9.17) is 0 Å². The quantitative estimate of drug-likeness (QED) is 0.575. The first-order chi connectivity index (χ1) is 12.9. The molecule has 4 rings (SSSR count). The number of fused-ring (bicyclic) bond motifs is 1. The van der Waals surface area contributed by atoms with E-state index in [9.17, 15) is 12.8 Å². The first-order valence-electron chi connectivity index (χ1n) is 8.25. The maximum absolute atomic E-state index is 13.2. The highest BCUT2D eigenvalue weighted by Crippen LogP contribution is 2.24. The Morgan fingerprint density at radius 3 is 2.52 bits per heavy atom. The fraction of sp³-hybridized carbons (Fsp3) is 0.0500. The number of benzene rings is 2. The van der Waals surface area contributed by atoms with E-state index < -0.39 is 15.8 Å². The highest BCUT2D eigenvalue weighted by Gasteiger charge is 2.17. The lowest BCUT2D eigenvalue weighted by Crippen LogP contribution is -2.14. The Bertz CT molecular complexity index is 1200. The molecule has 0 unspecified atom stereocenters. The maximum Gasteiger partial charge on any atom is 0.262 e. The van der Waals surface area contributed by atoms with Crippen molar-refractivity contribution in [2.45, 2.75) is 11.8 Å². The summed E-state index contributed by atoms with van der Waals surface area (Å²) in [5.74, 6) is -0.469. The van der Waals surface area contributed by atoms with Gasteiger partial charge >= 0.3 is 0 Å². The van der Waals surface area contributed by atoms with E-state index >= 15 is 0 Å². The smallest absolute Gasteiger partial charge is 0.262 e. The lowest BCUT2D eigenvalue weighted by atomic mass is 10.1. The molecule has 4 aromatic rings. The summed E-state index contributed by atoms with van der Waals surface area (Å²) in [4.78, 5) is 4.59. The molecular formula is C20H16FN3O2S. The predicted octanol–water partition coefficient (Wildman–Crippen LogP) is 4.25. The molecule has 1 N–H and O–H groups in total. The van der Waals surface area contributed by atoms with Gasteiger partial charge in [-0.05, 0) is 55.0 Å². The van der Waals surface area contributed by atoms with Gasteiger partial charge < -0.3 is 4.40 Å². The Kier molecular flexibility index (Phi) is 4.16. The zero-order chi connectivity index (χ0) is 19.0. The van der Waals surface area contributed by atoms with Crippen LogP contribution in [0.2, 0.25) is 0 Å². The highest BCUT2D eigenvalue weighted by molar-refractivity contribution is 7.92. The zero-order valence-corrected chi connectivity index (χ0v) is 15.2. The number of pyridine rings is 1. The van der Waals surface area contributed by atoms with Crippen LogP contribution < -0.4 is 4.72 Å². The summed E-state index contributed by atoms with van der Waals surface area (Å²) in [6.07, 6.45) is 3.83. The van der Waals surface area contributed by atoms with Crippen molar-refractivity contribution in [2.75, 3.05) is 4.72 Å². The van der Waals surface area contributed by atoms with Gasteiger partial charge in [-0.25, -0.2) is 17.8 Å². The molecule has 0 spiro atoms. The summed E-state index contributed by atoms with van der Waals surface area (Å²) in [6, 6.07) is 16.3. The topological polar surface area (TPSA) is 63.5 Å². The van der Waals surface area contributed by atoms with Crippen LogP contribution >= 0.6 is 0 Å². The summed E-state index contributed by atoms with van der Waals surface area (Å²) in [5.41, 5.74) is 3.28. The Morgan fingerprint density at radius 1 is 1.04 bits per heavy atom. The molecule has 0 aliphatic carbocycles. The van der Waals surface area contributed by atoms with Gasteiger partial charge in [0, 0.05) is 23.6 Å². The second kappa shape index (κ2) is 6.51. The highest BCUT2D eigenvalue weighted by atomic mass is 32.2. The molecule has 0 amide bonds. The minimum absolute atomic E-state index is 0.0494. The van der Waals surface area contributed by atoms with Gasteiger partial charge in [0.25, 0.3) is 10.0 Å². The number of anilines is 1. The monoisotopic (exact) mass is 381 g/mol. The molecule has 0 radical (unpaired) electrons. The number of aryl methyl sites for hydroxylation is 1. The lowest BCUT2D eigenvalue weighted by Gasteiger charge is -2.10. The van der Waals surface area contributed by atoms with Gasteiger partial charge in [0.15, 0.2) is 0 Å².